The van der Waals surface area contributed by atoms with Gasteiger partial charge < -0.3 is 10.1 Å². The van der Waals surface area contributed by atoms with E-state index in [1.807, 2.05) is 0 Å². The zero-order valence-corrected chi connectivity index (χ0v) is 11.5. The number of nitrogens with zero attached hydrogens (tertiary/aromatic N) is 2. The molecule has 0 radical (unpaired) electrons. The molecule has 0 aliphatic carbocycles. The summed E-state index contributed by atoms with van der Waals surface area (Å²) >= 11 is 0. The van der Waals surface area contributed by atoms with Crippen LogP contribution in [0.1, 0.15) is 12.6 Å². The lowest BCUT2D eigenvalue weighted by molar-refractivity contribution is -0.141. The number of methoxy groups -OCH3 is 1. The molecule has 0 bridgehead atoms. The molecule has 0 atom stereocenters. The normalized spacial score (nSPS) is 11.3. The summed E-state index contributed by atoms with van der Waals surface area (Å²) in [5, 5.41) is 2.71. The molecule has 0 aliphatic heterocycles. The maximum absolute atomic E-state index is 12.9. The van der Waals surface area contributed by atoms with Crippen LogP contribution in [0, 0.1) is 0 Å². The van der Waals surface area contributed by atoms with Gasteiger partial charge in [0, 0.05) is 12.1 Å². The summed E-state index contributed by atoms with van der Waals surface area (Å²) in [5.74, 6) is 0.578. The molecular weight excluding hydrogens is 283 g/mol. The second-order valence-corrected chi connectivity index (χ2v) is 4.22. The molecule has 2 rings (SSSR count). The molecule has 0 spiro atoms. The van der Waals surface area contributed by atoms with Crippen LogP contribution < -0.4 is 10.1 Å². The topological polar surface area (TPSA) is 47.0 Å². The van der Waals surface area contributed by atoms with Gasteiger partial charge in [-0.1, -0.05) is 0 Å². The Hall–Kier alpha value is -2.31. The number of rotatable bonds is 4. The first kappa shape index (κ1) is 15.1. The highest BCUT2D eigenvalue weighted by atomic mass is 19.4. The molecule has 2 aromatic rings. The Balaban J connectivity index is 2.48. The third-order valence-corrected chi connectivity index (χ3v) is 2.74. The van der Waals surface area contributed by atoms with Crippen molar-refractivity contribution in [2.24, 2.45) is 0 Å². The van der Waals surface area contributed by atoms with Crippen LogP contribution in [0.25, 0.3) is 11.3 Å². The zero-order valence-electron chi connectivity index (χ0n) is 11.5. The summed E-state index contributed by atoms with van der Waals surface area (Å²) in [6.07, 6.45) is -4.52. The lowest BCUT2D eigenvalue weighted by Gasteiger charge is -2.11. The van der Waals surface area contributed by atoms with Gasteiger partial charge in [-0.05, 0) is 37.3 Å². The molecule has 0 saturated heterocycles. The number of alkyl halides is 3. The Kier molecular flexibility index (Phi) is 4.30. The van der Waals surface area contributed by atoms with Gasteiger partial charge in [-0.15, -0.1) is 0 Å². The lowest BCUT2D eigenvalue weighted by Crippen LogP contribution is -2.12. The van der Waals surface area contributed by atoms with E-state index in [4.69, 9.17) is 4.74 Å². The molecule has 0 saturated carbocycles. The van der Waals surface area contributed by atoms with Gasteiger partial charge in [0.25, 0.3) is 0 Å². The fraction of sp³-hybridized carbons (Fsp3) is 0.286. The van der Waals surface area contributed by atoms with Crippen LogP contribution in [0.2, 0.25) is 0 Å². The average molecular weight is 297 g/mol. The van der Waals surface area contributed by atoms with Gasteiger partial charge in [0.05, 0.1) is 12.8 Å². The Labute approximate surface area is 120 Å². The molecular formula is C14H14F3N3O. The largest absolute Gasteiger partial charge is 0.497 e. The first-order chi connectivity index (χ1) is 9.94. The van der Waals surface area contributed by atoms with Crippen LogP contribution in [0.15, 0.2) is 30.3 Å². The molecule has 0 fully saturated rings. The van der Waals surface area contributed by atoms with Crippen molar-refractivity contribution in [1.82, 2.24) is 9.97 Å². The molecule has 7 heteroatoms. The van der Waals surface area contributed by atoms with E-state index >= 15 is 0 Å². The van der Waals surface area contributed by atoms with Gasteiger partial charge in [-0.25, -0.2) is 9.97 Å². The van der Waals surface area contributed by atoms with Gasteiger partial charge in [-0.2, -0.15) is 13.2 Å². The van der Waals surface area contributed by atoms with Crippen molar-refractivity contribution in [3.05, 3.63) is 36.0 Å². The van der Waals surface area contributed by atoms with E-state index in [2.05, 4.69) is 15.3 Å². The quantitative estimate of drug-likeness (QED) is 0.936. The standard InChI is InChI=1S/C14H14F3N3O/c1-3-18-13-19-11(8-12(20-13)14(15,16)17)9-4-6-10(21-2)7-5-9/h4-8H,3H2,1-2H3,(H,18,19,20). The highest BCUT2D eigenvalue weighted by Gasteiger charge is 2.33. The fourth-order valence-corrected chi connectivity index (χ4v) is 1.74. The summed E-state index contributed by atoms with van der Waals surface area (Å²) in [6.45, 7) is 2.19. The van der Waals surface area contributed by atoms with E-state index in [0.717, 1.165) is 6.07 Å². The van der Waals surface area contributed by atoms with E-state index in [9.17, 15) is 13.2 Å². The van der Waals surface area contributed by atoms with E-state index in [1.54, 1.807) is 31.2 Å². The van der Waals surface area contributed by atoms with E-state index in [1.165, 1.54) is 7.11 Å². The Morgan fingerprint density at radius 3 is 2.33 bits per heavy atom. The van der Waals surface area contributed by atoms with Crippen molar-refractivity contribution in [3.8, 4) is 17.0 Å². The second kappa shape index (κ2) is 5.99. The summed E-state index contributed by atoms with van der Waals surface area (Å²) in [7, 11) is 1.52. The highest BCUT2D eigenvalue weighted by Crippen LogP contribution is 2.31. The molecule has 1 aromatic carbocycles. The zero-order chi connectivity index (χ0) is 15.5. The maximum Gasteiger partial charge on any atom is 0.433 e. The van der Waals surface area contributed by atoms with Crippen LogP contribution in [0.5, 0.6) is 5.75 Å². The molecule has 0 amide bonds. The third-order valence-electron chi connectivity index (χ3n) is 2.74. The maximum atomic E-state index is 12.9. The van der Waals surface area contributed by atoms with Crippen LogP contribution >= 0.6 is 0 Å². The number of nitrogens with one attached hydrogen (secondary N) is 1. The van der Waals surface area contributed by atoms with Gasteiger partial charge in [0.2, 0.25) is 5.95 Å². The van der Waals surface area contributed by atoms with Gasteiger partial charge in [0.15, 0.2) is 5.69 Å². The second-order valence-electron chi connectivity index (χ2n) is 4.22. The van der Waals surface area contributed by atoms with Crippen molar-refractivity contribution in [1.29, 1.82) is 0 Å². The van der Waals surface area contributed by atoms with Crippen LogP contribution in [0.4, 0.5) is 19.1 Å². The number of hydrogen-bond acceptors (Lipinski definition) is 4. The van der Waals surface area contributed by atoms with E-state index < -0.39 is 11.9 Å². The number of halogens is 3. The number of anilines is 1. The van der Waals surface area contributed by atoms with Crippen molar-refractivity contribution < 1.29 is 17.9 Å². The van der Waals surface area contributed by atoms with E-state index in [0.29, 0.717) is 17.9 Å². The fourth-order valence-electron chi connectivity index (χ4n) is 1.74. The Morgan fingerprint density at radius 1 is 1.14 bits per heavy atom. The molecule has 0 aliphatic rings. The Morgan fingerprint density at radius 2 is 1.81 bits per heavy atom. The number of aromatic nitrogens is 2. The SMILES string of the molecule is CCNc1nc(-c2ccc(OC)cc2)cc(C(F)(F)F)n1. The van der Waals surface area contributed by atoms with Crippen molar-refractivity contribution in [3.63, 3.8) is 0 Å². The minimum Gasteiger partial charge on any atom is -0.497 e. The van der Waals surface area contributed by atoms with Gasteiger partial charge in [-0.3, -0.25) is 0 Å². The summed E-state index contributed by atoms with van der Waals surface area (Å²) in [6, 6.07) is 7.56. The van der Waals surface area contributed by atoms with Crippen LogP contribution in [-0.4, -0.2) is 23.6 Å². The number of hydrogen-bond donors (Lipinski definition) is 1. The van der Waals surface area contributed by atoms with Gasteiger partial charge >= 0.3 is 6.18 Å². The average Bonchev–Trinajstić information content (AvgIpc) is 2.46. The predicted octanol–water partition coefficient (Wildman–Crippen LogP) is 3.60. The van der Waals surface area contributed by atoms with Crippen LogP contribution in [-0.2, 0) is 6.18 Å². The van der Waals surface area contributed by atoms with Crippen molar-refractivity contribution >= 4 is 5.95 Å². The smallest absolute Gasteiger partial charge is 0.433 e. The molecule has 112 valence electrons. The lowest BCUT2D eigenvalue weighted by atomic mass is 10.1. The predicted molar refractivity (Wildman–Crippen MR) is 73.2 cm³/mol. The summed E-state index contributed by atoms with van der Waals surface area (Å²) in [5.41, 5.74) is -0.210. The first-order valence-corrected chi connectivity index (χ1v) is 6.28. The summed E-state index contributed by atoms with van der Waals surface area (Å²) in [4.78, 5) is 7.58. The molecule has 4 nitrogen and oxygen atoms in total. The van der Waals surface area contributed by atoms with Gasteiger partial charge in [0.1, 0.15) is 5.75 Å². The Bertz CT molecular complexity index is 612. The number of benzene rings is 1. The summed E-state index contributed by atoms with van der Waals surface area (Å²) < 4.78 is 43.7. The monoisotopic (exact) mass is 297 g/mol. The minimum atomic E-state index is -4.52. The molecule has 1 aromatic heterocycles. The number of ether oxygens (including phenoxy) is 1. The third kappa shape index (κ3) is 3.62. The van der Waals surface area contributed by atoms with Crippen molar-refractivity contribution in [2.75, 3.05) is 19.0 Å². The van der Waals surface area contributed by atoms with Crippen molar-refractivity contribution in [2.45, 2.75) is 13.1 Å². The molecule has 0 unspecified atom stereocenters. The minimum absolute atomic E-state index is 0.0434. The van der Waals surface area contributed by atoms with Crippen LogP contribution in [0.3, 0.4) is 0 Å². The van der Waals surface area contributed by atoms with E-state index in [-0.39, 0.29) is 11.6 Å². The molecule has 1 heterocycles. The highest BCUT2D eigenvalue weighted by molar-refractivity contribution is 5.62. The molecule has 21 heavy (non-hydrogen) atoms. The molecule has 1 N–H and O–H groups in total. The first-order valence-electron chi connectivity index (χ1n) is 6.28.